The molecule has 0 atom stereocenters. The predicted octanol–water partition coefficient (Wildman–Crippen LogP) is 3.07. The smallest absolute Gasteiger partial charge is 0.262 e. The molecule has 0 radical (unpaired) electrons. The molecule has 0 bridgehead atoms. The van der Waals surface area contributed by atoms with Crippen molar-refractivity contribution in [3.05, 3.63) is 53.5 Å². The second-order valence-electron chi connectivity index (χ2n) is 5.64. The van der Waals surface area contributed by atoms with Crippen LogP contribution in [0.5, 0.6) is 5.75 Å². The lowest BCUT2D eigenvalue weighted by Gasteiger charge is -2.12. The lowest BCUT2D eigenvalue weighted by molar-refractivity contribution is 0.414. The first-order valence-electron chi connectivity index (χ1n) is 7.45. The van der Waals surface area contributed by atoms with Crippen molar-refractivity contribution in [2.24, 2.45) is 0 Å². The van der Waals surface area contributed by atoms with E-state index in [1.165, 1.54) is 0 Å². The number of nitrogens with zero attached hydrogens (tertiary/aromatic N) is 2. The van der Waals surface area contributed by atoms with Gasteiger partial charge in [0.05, 0.1) is 23.4 Å². The van der Waals surface area contributed by atoms with Crippen molar-refractivity contribution in [1.82, 2.24) is 9.38 Å². The predicted molar refractivity (Wildman–Crippen MR) is 93.2 cm³/mol. The Labute approximate surface area is 141 Å². The van der Waals surface area contributed by atoms with E-state index < -0.39 is 10.0 Å². The first kappa shape index (κ1) is 16.3. The zero-order valence-electron chi connectivity index (χ0n) is 14.0. The van der Waals surface area contributed by atoms with Crippen LogP contribution in [0.4, 0.5) is 5.69 Å². The zero-order valence-corrected chi connectivity index (χ0v) is 14.8. The van der Waals surface area contributed by atoms with Crippen LogP contribution in [0.25, 0.3) is 5.65 Å². The minimum atomic E-state index is -3.72. The number of ether oxygens (including phenoxy) is 1. The fourth-order valence-corrected chi connectivity index (χ4v) is 3.92. The fourth-order valence-electron chi connectivity index (χ4n) is 2.63. The molecule has 0 fully saturated rings. The highest BCUT2D eigenvalue weighted by Gasteiger charge is 2.19. The lowest BCUT2D eigenvalue weighted by Crippen LogP contribution is -2.15. The van der Waals surface area contributed by atoms with Gasteiger partial charge < -0.3 is 9.14 Å². The first-order chi connectivity index (χ1) is 11.3. The molecule has 7 heteroatoms. The van der Waals surface area contributed by atoms with Gasteiger partial charge in [-0.15, -0.1) is 0 Å². The third-order valence-electron chi connectivity index (χ3n) is 4.04. The molecule has 2 aromatic heterocycles. The van der Waals surface area contributed by atoms with Crippen LogP contribution >= 0.6 is 0 Å². The average Bonchev–Trinajstić information content (AvgIpc) is 2.83. The summed E-state index contributed by atoms with van der Waals surface area (Å²) in [4.78, 5) is 4.67. The highest BCUT2D eigenvalue weighted by atomic mass is 32.2. The van der Waals surface area contributed by atoms with Crippen LogP contribution in [0.3, 0.4) is 0 Å². The maximum absolute atomic E-state index is 12.8. The van der Waals surface area contributed by atoms with Crippen LogP contribution in [0.2, 0.25) is 0 Å². The monoisotopic (exact) mass is 345 g/mol. The molecule has 0 aliphatic rings. The van der Waals surface area contributed by atoms with Gasteiger partial charge >= 0.3 is 0 Å². The Balaban J connectivity index is 2.06. The van der Waals surface area contributed by atoms with E-state index in [1.807, 2.05) is 24.4 Å². The minimum absolute atomic E-state index is 0.213. The zero-order chi connectivity index (χ0) is 17.5. The van der Waals surface area contributed by atoms with E-state index in [0.717, 1.165) is 11.4 Å². The van der Waals surface area contributed by atoms with Gasteiger partial charge in [0.2, 0.25) is 0 Å². The van der Waals surface area contributed by atoms with E-state index in [4.69, 9.17) is 4.74 Å². The molecular weight excluding hydrogens is 326 g/mol. The Morgan fingerprint density at radius 2 is 1.92 bits per heavy atom. The number of anilines is 1. The van der Waals surface area contributed by atoms with Crippen LogP contribution < -0.4 is 9.46 Å². The number of hydrogen-bond acceptors (Lipinski definition) is 4. The highest BCUT2D eigenvalue weighted by molar-refractivity contribution is 7.92. The topological polar surface area (TPSA) is 72.7 Å². The average molecular weight is 345 g/mol. The Kier molecular flexibility index (Phi) is 3.96. The van der Waals surface area contributed by atoms with Gasteiger partial charge in [0.15, 0.2) is 5.65 Å². The van der Waals surface area contributed by atoms with Gasteiger partial charge in [-0.2, -0.15) is 0 Å². The Bertz CT molecular complexity index is 1020. The third kappa shape index (κ3) is 2.71. The summed E-state index contributed by atoms with van der Waals surface area (Å²) < 4.78 is 35.2. The summed E-state index contributed by atoms with van der Waals surface area (Å²) in [6.45, 7) is 5.58. The van der Waals surface area contributed by atoms with Crippen LogP contribution in [0.15, 0.2) is 41.4 Å². The highest BCUT2D eigenvalue weighted by Crippen LogP contribution is 2.25. The molecular formula is C17H19N3O3S. The van der Waals surface area contributed by atoms with Crippen LogP contribution in [-0.2, 0) is 10.0 Å². The van der Waals surface area contributed by atoms with E-state index >= 15 is 0 Å². The lowest BCUT2D eigenvalue weighted by atomic mass is 10.2. The molecule has 1 aromatic carbocycles. The Hall–Kier alpha value is -2.54. The summed E-state index contributed by atoms with van der Waals surface area (Å²) in [5.41, 5.74) is 3.49. The van der Waals surface area contributed by atoms with Crippen molar-refractivity contribution < 1.29 is 13.2 Å². The maximum atomic E-state index is 12.8. The molecule has 3 rings (SSSR count). The van der Waals surface area contributed by atoms with Crippen LogP contribution in [0, 0.1) is 20.8 Å². The molecule has 0 aliphatic heterocycles. The molecule has 126 valence electrons. The molecule has 24 heavy (non-hydrogen) atoms. The fraction of sp³-hybridized carbons (Fsp3) is 0.235. The summed E-state index contributed by atoms with van der Waals surface area (Å²) in [6.07, 6.45) is 1.86. The molecule has 0 aliphatic carbocycles. The standard InChI is InChI=1S/C17H19N3O3S/c1-11-10-14(23-4)7-8-16(11)24(21,22)19-15-6-5-9-20-13(3)12(2)18-17(15)20/h5-10,19H,1-4H3. The van der Waals surface area contributed by atoms with E-state index in [1.54, 1.807) is 44.4 Å². The third-order valence-corrected chi connectivity index (χ3v) is 5.57. The second-order valence-corrected chi connectivity index (χ2v) is 7.29. The summed E-state index contributed by atoms with van der Waals surface area (Å²) in [5.74, 6) is 0.619. The van der Waals surface area contributed by atoms with E-state index in [9.17, 15) is 8.42 Å². The molecule has 1 N–H and O–H groups in total. The van der Waals surface area contributed by atoms with Gasteiger partial charge in [0.1, 0.15) is 5.75 Å². The molecule has 0 spiro atoms. The number of rotatable bonds is 4. The molecule has 6 nitrogen and oxygen atoms in total. The van der Waals surface area contributed by atoms with Crippen molar-refractivity contribution in [3.63, 3.8) is 0 Å². The number of methoxy groups -OCH3 is 1. The quantitative estimate of drug-likeness (QED) is 0.789. The number of aryl methyl sites for hydroxylation is 3. The van der Waals surface area contributed by atoms with Gasteiger partial charge in [-0.3, -0.25) is 4.72 Å². The number of pyridine rings is 1. The Morgan fingerprint density at radius 3 is 2.58 bits per heavy atom. The van der Waals surface area contributed by atoms with Gasteiger partial charge in [0, 0.05) is 11.9 Å². The minimum Gasteiger partial charge on any atom is -0.497 e. The number of benzene rings is 1. The summed E-state index contributed by atoms with van der Waals surface area (Å²) >= 11 is 0. The molecule has 3 aromatic rings. The number of hydrogen-bond donors (Lipinski definition) is 1. The van der Waals surface area contributed by atoms with E-state index in [0.29, 0.717) is 22.6 Å². The van der Waals surface area contributed by atoms with Gasteiger partial charge in [-0.05, 0) is 56.7 Å². The van der Waals surface area contributed by atoms with Crippen molar-refractivity contribution >= 4 is 21.4 Å². The molecule has 0 saturated carbocycles. The molecule has 0 amide bonds. The molecule has 0 unspecified atom stereocenters. The van der Waals surface area contributed by atoms with Gasteiger partial charge in [-0.1, -0.05) is 0 Å². The molecule has 2 heterocycles. The number of aromatic nitrogens is 2. The SMILES string of the molecule is COc1ccc(S(=O)(=O)Nc2cccn3c(C)c(C)nc23)c(C)c1. The summed E-state index contributed by atoms with van der Waals surface area (Å²) in [7, 11) is -2.18. The van der Waals surface area contributed by atoms with Crippen molar-refractivity contribution in [1.29, 1.82) is 0 Å². The summed E-state index contributed by atoms with van der Waals surface area (Å²) in [6, 6.07) is 8.36. The van der Waals surface area contributed by atoms with Crippen molar-refractivity contribution in [3.8, 4) is 5.75 Å². The Morgan fingerprint density at radius 1 is 1.17 bits per heavy atom. The number of nitrogens with one attached hydrogen (secondary N) is 1. The first-order valence-corrected chi connectivity index (χ1v) is 8.93. The van der Waals surface area contributed by atoms with Crippen molar-refractivity contribution in [2.75, 3.05) is 11.8 Å². The van der Waals surface area contributed by atoms with Crippen molar-refractivity contribution in [2.45, 2.75) is 25.7 Å². The van der Waals surface area contributed by atoms with Crippen LogP contribution in [0.1, 0.15) is 17.0 Å². The largest absolute Gasteiger partial charge is 0.497 e. The maximum Gasteiger partial charge on any atom is 0.262 e. The van der Waals surface area contributed by atoms with Gasteiger partial charge in [0.25, 0.3) is 10.0 Å². The number of imidazole rings is 1. The molecule has 0 saturated heterocycles. The number of fused-ring (bicyclic) bond motifs is 1. The summed E-state index contributed by atoms with van der Waals surface area (Å²) in [5, 5.41) is 0. The van der Waals surface area contributed by atoms with E-state index in [-0.39, 0.29) is 4.90 Å². The number of sulfonamides is 1. The van der Waals surface area contributed by atoms with Gasteiger partial charge in [-0.25, -0.2) is 13.4 Å². The normalized spacial score (nSPS) is 11.7. The van der Waals surface area contributed by atoms with E-state index in [2.05, 4.69) is 9.71 Å². The second kappa shape index (κ2) is 5.83. The van der Waals surface area contributed by atoms with Crippen LogP contribution in [-0.4, -0.2) is 24.9 Å².